The lowest BCUT2D eigenvalue weighted by molar-refractivity contribution is 0.190. The number of fused-ring (bicyclic) bond motifs is 2. The highest BCUT2D eigenvalue weighted by molar-refractivity contribution is 5.92. The third-order valence-corrected chi connectivity index (χ3v) is 5.83. The lowest BCUT2D eigenvalue weighted by Gasteiger charge is -2.36. The molecule has 4 aromatic rings. The molecule has 1 aromatic carbocycles. The Hall–Kier alpha value is -2.86. The number of methoxy groups -OCH3 is 1. The third-order valence-electron chi connectivity index (χ3n) is 5.83. The molecule has 1 saturated heterocycles. The molecule has 0 aliphatic carbocycles. The number of nitrogens with one attached hydrogen (secondary N) is 1. The second-order valence-electron chi connectivity index (χ2n) is 8.12. The average molecular weight is 375 g/mol. The fraction of sp³-hybridized carbons (Fsp3) is 0.364. The molecule has 6 nitrogen and oxygen atoms in total. The highest BCUT2D eigenvalue weighted by Gasteiger charge is 2.26. The molecule has 0 unspecified atom stereocenters. The number of rotatable bonds is 4. The quantitative estimate of drug-likeness (QED) is 0.585. The van der Waals surface area contributed by atoms with Gasteiger partial charge in [-0.2, -0.15) is 5.10 Å². The number of likely N-dealkylation sites (tertiary alicyclic amines) is 1. The van der Waals surface area contributed by atoms with Gasteiger partial charge < -0.3 is 14.6 Å². The number of likely N-dealkylation sites (N-methyl/N-ethyl adjacent to an activating group) is 1. The maximum atomic E-state index is 5.56. The van der Waals surface area contributed by atoms with E-state index in [2.05, 4.69) is 59.1 Å². The van der Waals surface area contributed by atoms with E-state index < -0.39 is 0 Å². The minimum atomic E-state index is 0.389. The molecule has 0 bridgehead atoms. The summed E-state index contributed by atoms with van der Waals surface area (Å²) in [6.07, 6.45) is 3.57. The van der Waals surface area contributed by atoms with Crippen LogP contribution < -0.4 is 4.74 Å². The number of nitrogens with zero attached hydrogens (tertiary/aromatic N) is 4. The Bertz CT molecular complexity index is 1170. The summed E-state index contributed by atoms with van der Waals surface area (Å²) in [5.74, 6) is 1.75. The zero-order valence-corrected chi connectivity index (χ0v) is 16.7. The Kier molecular flexibility index (Phi) is 3.91. The molecule has 0 atom stereocenters. The predicted octanol–water partition coefficient (Wildman–Crippen LogP) is 4.04. The van der Waals surface area contributed by atoms with Gasteiger partial charge in [-0.05, 0) is 42.3 Å². The van der Waals surface area contributed by atoms with Crippen LogP contribution in [0.25, 0.3) is 27.8 Å². The number of H-pyrrole nitrogens is 1. The van der Waals surface area contributed by atoms with Crippen LogP contribution in [-0.4, -0.2) is 51.7 Å². The normalized spacial score (nSPS) is 15.6. The van der Waals surface area contributed by atoms with Crippen LogP contribution in [0.4, 0.5) is 0 Å². The van der Waals surface area contributed by atoms with E-state index in [-0.39, 0.29) is 0 Å². The van der Waals surface area contributed by atoms with Gasteiger partial charge in [-0.25, -0.2) is 9.50 Å². The Morgan fingerprint density at radius 2 is 2.04 bits per heavy atom. The van der Waals surface area contributed by atoms with Crippen molar-refractivity contribution >= 4 is 16.6 Å². The van der Waals surface area contributed by atoms with Gasteiger partial charge in [-0.15, -0.1) is 0 Å². The number of pyridine rings is 1. The monoisotopic (exact) mass is 375 g/mol. The summed E-state index contributed by atoms with van der Waals surface area (Å²) in [4.78, 5) is 10.3. The van der Waals surface area contributed by atoms with E-state index >= 15 is 0 Å². The van der Waals surface area contributed by atoms with Crippen LogP contribution in [0.15, 0.2) is 36.8 Å². The summed E-state index contributed by atoms with van der Waals surface area (Å²) in [6, 6.07) is 8.92. The minimum absolute atomic E-state index is 0.389. The fourth-order valence-electron chi connectivity index (χ4n) is 4.40. The van der Waals surface area contributed by atoms with Crippen molar-refractivity contribution in [1.29, 1.82) is 0 Å². The van der Waals surface area contributed by atoms with E-state index in [1.54, 1.807) is 18.0 Å². The van der Waals surface area contributed by atoms with Gasteiger partial charge in [0.15, 0.2) is 11.4 Å². The second kappa shape index (κ2) is 6.34. The fourth-order valence-corrected chi connectivity index (χ4v) is 4.40. The van der Waals surface area contributed by atoms with Crippen LogP contribution in [0.5, 0.6) is 5.75 Å². The largest absolute Gasteiger partial charge is 0.493 e. The SMILES string of the molecule is COc1cc(-c2[nH]c3ccc(C4CN(C)C4)cc3c2C(C)C)cn2ncnc12. The summed E-state index contributed by atoms with van der Waals surface area (Å²) in [7, 11) is 3.85. The van der Waals surface area contributed by atoms with Crippen LogP contribution >= 0.6 is 0 Å². The van der Waals surface area contributed by atoms with Crippen molar-refractivity contribution in [2.24, 2.45) is 0 Å². The molecule has 0 amide bonds. The van der Waals surface area contributed by atoms with Crippen molar-refractivity contribution < 1.29 is 4.74 Å². The lowest BCUT2D eigenvalue weighted by atomic mass is 9.89. The van der Waals surface area contributed by atoms with Crippen LogP contribution in [0.3, 0.4) is 0 Å². The maximum absolute atomic E-state index is 5.56. The van der Waals surface area contributed by atoms with Gasteiger partial charge in [-0.3, -0.25) is 0 Å². The first-order chi connectivity index (χ1) is 13.5. The first-order valence-electron chi connectivity index (χ1n) is 9.77. The molecule has 0 spiro atoms. The van der Waals surface area contributed by atoms with E-state index in [4.69, 9.17) is 4.74 Å². The van der Waals surface area contributed by atoms with Gasteiger partial charge in [0.05, 0.1) is 12.8 Å². The zero-order chi connectivity index (χ0) is 19.4. The minimum Gasteiger partial charge on any atom is -0.493 e. The lowest BCUT2D eigenvalue weighted by Crippen LogP contribution is -2.41. The van der Waals surface area contributed by atoms with Crippen molar-refractivity contribution in [2.75, 3.05) is 27.2 Å². The molecule has 6 heteroatoms. The van der Waals surface area contributed by atoms with E-state index in [1.807, 2.05) is 12.3 Å². The molecule has 3 aromatic heterocycles. The highest BCUT2D eigenvalue weighted by Crippen LogP contribution is 2.39. The molecule has 0 saturated carbocycles. The van der Waals surface area contributed by atoms with Crippen molar-refractivity contribution in [2.45, 2.75) is 25.7 Å². The zero-order valence-electron chi connectivity index (χ0n) is 16.7. The molecule has 1 aliphatic rings. The summed E-state index contributed by atoms with van der Waals surface area (Å²) in [6.45, 7) is 6.78. The molecular formula is C22H25N5O. The van der Waals surface area contributed by atoms with Gasteiger partial charge in [0.2, 0.25) is 0 Å². The molecule has 1 fully saturated rings. The average Bonchev–Trinajstić information content (AvgIpc) is 3.28. The second-order valence-corrected chi connectivity index (χ2v) is 8.12. The molecular weight excluding hydrogens is 350 g/mol. The number of hydrogen-bond donors (Lipinski definition) is 1. The summed E-state index contributed by atoms with van der Waals surface area (Å²) in [5.41, 5.74) is 6.86. The number of hydrogen-bond acceptors (Lipinski definition) is 4. The molecule has 1 aliphatic heterocycles. The topological polar surface area (TPSA) is 58.5 Å². The first-order valence-corrected chi connectivity index (χ1v) is 9.77. The van der Waals surface area contributed by atoms with E-state index in [1.165, 1.54) is 22.0 Å². The molecule has 1 N–H and O–H groups in total. The van der Waals surface area contributed by atoms with Gasteiger partial charge in [0, 0.05) is 41.7 Å². The van der Waals surface area contributed by atoms with Crippen molar-refractivity contribution in [3.05, 3.63) is 47.9 Å². The molecule has 0 radical (unpaired) electrons. The van der Waals surface area contributed by atoms with Crippen LogP contribution in [0, 0.1) is 0 Å². The number of ether oxygens (including phenoxy) is 1. The van der Waals surface area contributed by atoms with Gasteiger partial charge in [0.25, 0.3) is 0 Å². The third kappa shape index (κ3) is 2.59. The first kappa shape index (κ1) is 17.3. The number of benzene rings is 1. The smallest absolute Gasteiger partial charge is 0.197 e. The van der Waals surface area contributed by atoms with Crippen molar-refractivity contribution in [3.8, 4) is 17.0 Å². The van der Waals surface area contributed by atoms with Gasteiger partial charge in [0.1, 0.15) is 6.33 Å². The van der Waals surface area contributed by atoms with E-state index in [9.17, 15) is 0 Å². The standard InChI is InChI=1S/C22H25N5O/c1-13(2)20-17-7-14(16-9-26(3)10-16)5-6-18(17)25-21(20)15-8-19(28-4)22-23-12-24-27(22)11-15/h5-8,11-13,16,25H,9-10H2,1-4H3. The number of aromatic nitrogens is 4. The Labute approximate surface area is 164 Å². The Morgan fingerprint density at radius 1 is 1.21 bits per heavy atom. The summed E-state index contributed by atoms with van der Waals surface area (Å²) < 4.78 is 7.34. The van der Waals surface area contributed by atoms with Crippen molar-refractivity contribution in [3.63, 3.8) is 0 Å². The van der Waals surface area contributed by atoms with Crippen LogP contribution in [-0.2, 0) is 0 Å². The van der Waals surface area contributed by atoms with Gasteiger partial charge >= 0.3 is 0 Å². The summed E-state index contributed by atoms with van der Waals surface area (Å²) in [5, 5.41) is 5.63. The molecule has 4 heterocycles. The highest BCUT2D eigenvalue weighted by atomic mass is 16.5. The van der Waals surface area contributed by atoms with Crippen molar-refractivity contribution in [1.82, 2.24) is 24.5 Å². The van der Waals surface area contributed by atoms with Gasteiger partial charge in [-0.1, -0.05) is 19.9 Å². The molecule has 144 valence electrons. The van der Waals surface area contributed by atoms with E-state index in [0.29, 0.717) is 11.8 Å². The molecule has 28 heavy (non-hydrogen) atoms. The Balaban J connectivity index is 1.70. The van der Waals surface area contributed by atoms with E-state index in [0.717, 1.165) is 35.7 Å². The van der Waals surface area contributed by atoms with Crippen LogP contribution in [0.1, 0.15) is 36.8 Å². The summed E-state index contributed by atoms with van der Waals surface area (Å²) >= 11 is 0. The molecule has 5 rings (SSSR count). The Morgan fingerprint density at radius 3 is 2.75 bits per heavy atom. The predicted molar refractivity (Wildman–Crippen MR) is 111 cm³/mol. The maximum Gasteiger partial charge on any atom is 0.197 e. The van der Waals surface area contributed by atoms with Crippen LogP contribution in [0.2, 0.25) is 0 Å². The number of aromatic amines is 1.